The second-order valence-corrected chi connectivity index (χ2v) is 13.2. The first kappa shape index (κ1) is 37.2. The summed E-state index contributed by atoms with van der Waals surface area (Å²) in [6.45, 7) is 12.0. The van der Waals surface area contributed by atoms with Crippen molar-refractivity contribution in [2.24, 2.45) is 0 Å². The third kappa shape index (κ3) is 9.61. The summed E-state index contributed by atoms with van der Waals surface area (Å²) in [6.07, 6.45) is 2.37. The molecule has 0 unspecified atom stereocenters. The maximum absolute atomic E-state index is 16.2. The Bertz CT molecular complexity index is 1400. The fourth-order valence-electron chi connectivity index (χ4n) is 4.41. The summed E-state index contributed by atoms with van der Waals surface area (Å²) in [5, 5.41) is 0.320. The van der Waals surface area contributed by atoms with Gasteiger partial charge in [0.15, 0.2) is 7.14 Å². The van der Waals surface area contributed by atoms with Crippen molar-refractivity contribution in [3.05, 3.63) is 54.6 Å². The zero-order chi connectivity index (χ0) is 34.4. The quantitative estimate of drug-likeness (QED) is 0.0828. The molecule has 0 bridgehead atoms. The molecule has 0 aromatic heterocycles. The van der Waals surface area contributed by atoms with Crippen LogP contribution in [0, 0.1) is 0 Å². The molecule has 0 aliphatic heterocycles. The van der Waals surface area contributed by atoms with Crippen molar-refractivity contribution in [1.29, 1.82) is 0 Å². The van der Waals surface area contributed by atoms with Gasteiger partial charge in [0.25, 0.3) is 0 Å². The lowest BCUT2D eigenvalue weighted by Crippen LogP contribution is -2.30. The first-order valence-electron chi connectivity index (χ1n) is 16.2. The molecular weight excluding hydrogens is 623 g/mol. The number of esters is 3. The summed E-state index contributed by atoms with van der Waals surface area (Å²) in [5.74, 6) is -0.494. The van der Waals surface area contributed by atoms with Crippen LogP contribution in [0.1, 0.15) is 80.1 Å². The second-order valence-electron chi connectivity index (χ2n) is 10.5. The third-order valence-corrected chi connectivity index (χ3v) is 9.91. The molecule has 0 saturated heterocycles. The van der Waals surface area contributed by atoms with Crippen LogP contribution in [0.2, 0.25) is 0 Å². The van der Waals surface area contributed by atoms with Gasteiger partial charge in [0, 0.05) is 37.5 Å². The van der Waals surface area contributed by atoms with Crippen LogP contribution in [0.25, 0.3) is 0 Å². The molecule has 0 heterocycles. The molecule has 0 saturated carbocycles. The van der Waals surface area contributed by atoms with E-state index in [1.165, 1.54) is 18.2 Å². The highest BCUT2D eigenvalue weighted by molar-refractivity contribution is 7.85. The van der Waals surface area contributed by atoms with Crippen molar-refractivity contribution >= 4 is 41.0 Å². The molecule has 0 aliphatic rings. The fourth-order valence-corrected chi connectivity index (χ4v) is 7.31. The first-order chi connectivity index (χ1) is 22.6. The van der Waals surface area contributed by atoms with Crippen LogP contribution in [0.3, 0.4) is 0 Å². The van der Waals surface area contributed by atoms with Crippen LogP contribution in [-0.4, -0.2) is 37.7 Å². The molecule has 0 amide bonds. The Morgan fingerprint density at radius 3 is 1.00 bits per heavy atom. The Kier molecular flexibility index (Phi) is 14.3. The van der Waals surface area contributed by atoms with Crippen molar-refractivity contribution in [2.75, 3.05) is 19.8 Å². The predicted octanol–water partition coefficient (Wildman–Crippen LogP) is 6.64. The average molecular weight is 669 g/mol. The Hall–Kier alpha value is -4.30. The van der Waals surface area contributed by atoms with Crippen molar-refractivity contribution in [3.8, 4) is 34.5 Å². The molecule has 0 fully saturated rings. The lowest BCUT2D eigenvalue weighted by Gasteiger charge is -2.26. The van der Waals surface area contributed by atoms with Gasteiger partial charge in [-0.05, 0) is 55.7 Å². The number of benzene rings is 3. The Morgan fingerprint density at radius 2 is 0.766 bits per heavy atom. The van der Waals surface area contributed by atoms with E-state index in [-0.39, 0.29) is 52.4 Å². The van der Waals surface area contributed by atoms with E-state index in [1.807, 2.05) is 20.8 Å². The maximum atomic E-state index is 16.2. The summed E-state index contributed by atoms with van der Waals surface area (Å²) in [5.41, 5.74) is 0. The van der Waals surface area contributed by atoms with Gasteiger partial charge in [-0.25, -0.2) is 0 Å². The smallest absolute Gasteiger partial charge is 0.310 e. The van der Waals surface area contributed by atoms with Gasteiger partial charge in [0.2, 0.25) is 0 Å². The highest BCUT2D eigenvalue weighted by Gasteiger charge is 2.40. The summed E-state index contributed by atoms with van der Waals surface area (Å²) in [4.78, 5) is 38.2. The lowest BCUT2D eigenvalue weighted by atomic mass is 10.3. The number of ether oxygens (including phenoxy) is 6. The van der Waals surface area contributed by atoms with Gasteiger partial charge in [-0.2, -0.15) is 0 Å². The van der Waals surface area contributed by atoms with Gasteiger partial charge in [-0.15, -0.1) is 0 Å². The molecule has 0 radical (unpaired) electrons. The van der Waals surface area contributed by atoms with Crippen LogP contribution in [0.5, 0.6) is 34.5 Å². The van der Waals surface area contributed by atoms with Crippen LogP contribution in [0.15, 0.2) is 54.6 Å². The highest BCUT2D eigenvalue weighted by Crippen LogP contribution is 2.51. The van der Waals surface area contributed by atoms with Crippen LogP contribution < -0.4 is 44.3 Å². The topological polar surface area (TPSA) is 124 Å². The summed E-state index contributed by atoms with van der Waals surface area (Å²) in [7, 11) is -4.22. The van der Waals surface area contributed by atoms with Crippen LogP contribution >= 0.6 is 7.14 Å². The molecule has 47 heavy (non-hydrogen) atoms. The highest BCUT2D eigenvalue weighted by atomic mass is 31.2. The molecule has 0 aliphatic carbocycles. The molecule has 0 spiro atoms. The Labute approximate surface area is 277 Å². The molecule has 0 atom stereocenters. The molecule has 254 valence electrons. The van der Waals surface area contributed by atoms with Crippen molar-refractivity contribution in [1.82, 2.24) is 0 Å². The number of hydrogen-bond acceptors (Lipinski definition) is 10. The lowest BCUT2D eigenvalue weighted by molar-refractivity contribution is -0.134. The van der Waals surface area contributed by atoms with Crippen molar-refractivity contribution < 1.29 is 47.4 Å². The van der Waals surface area contributed by atoms with E-state index in [0.717, 1.165) is 19.3 Å². The third-order valence-electron chi connectivity index (χ3n) is 6.77. The van der Waals surface area contributed by atoms with Crippen molar-refractivity contribution in [2.45, 2.75) is 80.1 Å². The SMILES string of the molecule is CCCOc1ccc(P(=O)(c2ccc(OCCC)cc2OC(=O)CC)c2ccc(OCCC)cc2OC(=O)CC)c(OC(=O)CC)c1. The second kappa shape index (κ2) is 18.1. The molecular formula is C36H45O10P. The molecule has 3 rings (SSSR count). The first-order valence-corrected chi connectivity index (χ1v) is 17.9. The zero-order valence-electron chi connectivity index (χ0n) is 28.1. The minimum absolute atomic E-state index is 0.00746. The number of carbonyl (C=O) groups excluding carboxylic acids is 3. The fraction of sp³-hybridized carbons (Fsp3) is 0.417. The van der Waals surface area contributed by atoms with Gasteiger partial charge >= 0.3 is 17.9 Å². The van der Waals surface area contributed by atoms with Gasteiger partial charge in [0.05, 0.1) is 35.7 Å². The normalized spacial score (nSPS) is 11.0. The van der Waals surface area contributed by atoms with Gasteiger partial charge in [-0.1, -0.05) is 41.5 Å². The van der Waals surface area contributed by atoms with E-state index in [1.54, 1.807) is 57.2 Å². The van der Waals surface area contributed by atoms with Gasteiger partial charge in [-0.3, -0.25) is 14.4 Å². The van der Waals surface area contributed by atoms with E-state index < -0.39 is 25.0 Å². The monoisotopic (exact) mass is 668 g/mol. The minimum atomic E-state index is -4.22. The largest absolute Gasteiger partial charge is 0.493 e. The number of hydrogen-bond donors (Lipinski definition) is 0. The number of rotatable bonds is 18. The van der Waals surface area contributed by atoms with Gasteiger partial charge in [0.1, 0.15) is 34.5 Å². The Balaban J connectivity index is 2.48. The zero-order valence-corrected chi connectivity index (χ0v) is 29.0. The van der Waals surface area contributed by atoms with Gasteiger partial charge < -0.3 is 33.0 Å². The van der Waals surface area contributed by atoms with E-state index in [0.29, 0.717) is 37.1 Å². The van der Waals surface area contributed by atoms with E-state index in [2.05, 4.69) is 0 Å². The van der Waals surface area contributed by atoms with Crippen LogP contribution in [-0.2, 0) is 18.9 Å². The molecule has 3 aromatic carbocycles. The molecule has 0 N–H and O–H groups in total. The summed E-state index contributed by atoms with van der Waals surface area (Å²) in [6, 6.07) is 14.1. The van der Waals surface area contributed by atoms with E-state index in [4.69, 9.17) is 28.4 Å². The predicted molar refractivity (Wildman–Crippen MR) is 181 cm³/mol. The molecule has 10 nitrogen and oxygen atoms in total. The maximum Gasteiger partial charge on any atom is 0.310 e. The summed E-state index contributed by atoms with van der Waals surface area (Å²) < 4.78 is 51.0. The standard InChI is InChI=1S/C36H45O10P/c1-7-19-41-25-13-16-31(28(22-25)44-34(37)10-4)47(40,32-17-14-26(42-20-8-2)23-29(32)45-35(38)11-5)33-18-15-27(43-21-9-3)24-30(33)46-36(39)12-6/h13-18,22-24H,7-12,19-21H2,1-6H3. The van der Waals surface area contributed by atoms with Crippen LogP contribution in [0.4, 0.5) is 0 Å². The van der Waals surface area contributed by atoms with E-state index >= 15 is 4.57 Å². The number of carbonyl (C=O) groups is 3. The van der Waals surface area contributed by atoms with Crippen molar-refractivity contribution in [3.63, 3.8) is 0 Å². The molecule has 11 heteroatoms. The summed E-state index contributed by atoms with van der Waals surface area (Å²) >= 11 is 0. The molecule has 3 aromatic rings. The van der Waals surface area contributed by atoms with E-state index in [9.17, 15) is 14.4 Å². The Morgan fingerprint density at radius 1 is 0.489 bits per heavy atom. The average Bonchev–Trinajstić information content (AvgIpc) is 3.08. The minimum Gasteiger partial charge on any atom is -0.493 e.